The van der Waals surface area contributed by atoms with Crippen LogP contribution in [0.2, 0.25) is 10.0 Å². The second-order valence-corrected chi connectivity index (χ2v) is 15.2. The Balaban J connectivity index is 0.862. The van der Waals surface area contributed by atoms with E-state index in [0.717, 1.165) is 50.7 Å². The average molecular weight is 766 g/mol. The van der Waals surface area contributed by atoms with Gasteiger partial charge in [-0.3, -0.25) is 19.0 Å². The SMILES string of the molecule is Cn1c(=O)c(-c2c(Cl)cccc2Cl)cc2cnc(Nc3ccc(NC(=O)CCCCCNC(=O)CCCCC[C@@H]4SCC5NC(=O)NC54)cc3)nc21. The Morgan fingerprint density at radius 1 is 0.923 bits per heavy atom. The van der Waals surface area contributed by atoms with Gasteiger partial charge in [-0.2, -0.15) is 16.7 Å². The van der Waals surface area contributed by atoms with Gasteiger partial charge in [-0.15, -0.1) is 0 Å². The highest BCUT2D eigenvalue weighted by atomic mass is 35.5. The Morgan fingerprint density at radius 3 is 2.40 bits per heavy atom. The number of aryl methyl sites for hydroxylation is 1. The number of nitrogens with one attached hydrogen (secondary N) is 5. The summed E-state index contributed by atoms with van der Waals surface area (Å²) in [5, 5.41) is 16.9. The van der Waals surface area contributed by atoms with Gasteiger partial charge in [0.2, 0.25) is 17.8 Å². The first-order valence-corrected chi connectivity index (χ1v) is 19.4. The fourth-order valence-corrected chi connectivity index (χ4v) is 8.73. The third-order valence-corrected chi connectivity index (χ3v) is 11.5. The maximum absolute atomic E-state index is 13.2. The third-order valence-electron chi connectivity index (χ3n) is 9.34. The number of hydrogen-bond acceptors (Lipinski definition) is 8. The molecule has 274 valence electrons. The summed E-state index contributed by atoms with van der Waals surface area (Å²) in [4.78, 5) is 58.4. The number of carbonyl (C=O) groups excluding carboxylic acids is 3. The first-order chi connectivity index (χ1) is 25.2. The van der Waals surface area contributed by atoms with Gasteiger partial charge in [-0.1, -0.05) is 48.5 Å². The number of amides is 4. The molecule has 12 nitrogen and oxygen atoms in total. The van der Waals surface area contributed by atoms with E-state index in [4.69, 9.17) is 23.2 Å². The van der Waals surface area contributed by atoms with E-state index in [2.05, 4.69) is 36.6 Å². The molecule has 6 rings (SSSR count). The van der Waals surface area contributed by atoms with Gasteiger partial charge >= 0.3 is 6.03 Å². The molecule has 2 aromatic carbocycles. The third kappa shape index (κ3) is 9.36. The smallest absolute Gasteiger partial charge is 0.315 e. The number of benzene rings is 2. The average Bonchev–Trinajstić information content (AvgIpc) is 3.68. The number of hydrogen-bond donors (Lipinski definition) is 5. The maximum Gasteiger partial charge on any atom is 0.315 e. The van der Waals surface area contributed by atoms with Crippen LogP contribution in [0.15, 0.2) is 59.5 Å². The minimum atomic E-state index is -0.287. The zero-order chi connectivity index (χ0) is 36.6. The van der Waals surface area contributed by atoms with Gasteiger partial charge in [0, 0.05) is 66.0 Å². The highest BCUT2D eigenvalue weighted by Gasteiger charge is 2.42. The van der Waals surface area contributed by atoms with E-state index in [9.17, 15) is 19.2 Å². The van der Waals surface area contributed by atoms with Gasteiger partial charge < -0.3 is 26.6 Å². The summed E-state index contributed by atoms with van der Waals surface area (Å²) in [6.07, 6.45) is 8.92. The van der Waals surface area contributed by atoms with Gasteiger partial charge in [0.1, 0.15) is 5.65 Å². The van der Waals surface area contributed by atoms with Gasteiger partial charge in [0.25, 0.3) is 5.56 Å². The number of halogens is 2. The van der Waals surface area contributed by atoms with Crippen LogP contribution in [0.25, 0.3) is 22.2 Å². The molecular formula is C37H42Cl2N8O4S. The predicted octanol–water partition coefficient (Wildman–Crippen LogP) is 6.78. The van der Waals surface area contributed by atoms with Crippen molar-refractivity contribution in [2.75, 3.05) is 22.9 Å². The molecule has 0 bridgehead atoms. The molecule has 0 aliphatic carbocycles. The van der Waals surface area contributed by atoms with Crippen LogP contribution >= 0.6 is 35.0 Å². The fraction of sp³-hybridized carbons (Fsp3) is 0.405. The number of aromatic nitrogens is 3. The van der Waals surface area contributed by atoms with E-state index in [1.165, 1.54) is 4.57 Å². The molecule has 2 fully saturated rings. The molecule has 2 aliphatic heterocycles. The molecule has 2 aliphatic rings. The molecule has 4 amide bonds. The Kier molecular flexibility index (Phi) is 12.6. The van der Waals surface area contributed by atoms with Crippen LogP contribution in [-0.2, 0) is 16.6 Å². The summed E-state index contributed by atoms with van der Waals surface area (Å²) in [7, 11) is 1.64. The van der Waals surface area contributed by atoms with Crippen molar-refractivity contribution >= 4 is 81.2 Å². The fourth-order valence-electron chi connectivity index (χ4n) is 6.59. The molecule has 0 spiro atoms. The number of fused-ring (bicyclic) bond motifs is 2. The van der Waals surface area contributed by atoms with Crippen molar-refractivity contribution in [1.82, 2.24) is 30.5 Å². The number of nitrogens with zero attached hydrogens (tertiary/aromatic N) is 3. The lowest BCUT2D eigenvalue weighted by Gasteiger charge is -2.16. The first kappa shape index (κ1) is 37.4. The predicted molar refractivity (Wildman–Crippen MR) is 209 cm³/mol. The minimum absolute atomic E-state index is 0.0538. The lowest BCUT2D eigenvalue weighted by molar-refractivity contribution is -0.121. The number of thioether (sulfide) groups is 1. The normalized spacial score (nSPS) is 17.8. The molecule has 5 N–H and O–H groups in total. The molecule has 2 aromatic heterocycles. The van der Waals surface area contributed by atoms with Crippen LogP contribution in [-0.4, -0.2) is 62.0 Å². The lowest BCUT2D eigenvalue weighted by atomic mass is 10.0. The van der Waals surface area contributed by atoms with E-state index < -0.39 is 0 Å². The summed E-state index contributed by atoms with van der Waals surface area (Å²) in [5.74, 6) is 1.28. The topological polar surface area (TPSA) is 159 Å². The quantitative estimate of drug-likeness (QED) is 0.0617. The molecule has 0 radical (unpaired) electrons. The molecule has 52 heavy (non-hydrogen) atoms. The number of carbonyl (C=O) groups is 3. The van der Waals surface area contributed by atoms with E-state index in [0.29, 0.717) is 74.2 Å². The summed E-state index contributed by atoms with van der Waals surface area (Å²) in [5.41, 5.74) is 2.37. The molecule has 4 heterocycles. The number of urea groups is 1. The van der Waals surface area contributed by atoms with Gasteiger partial charge in [-0.05, 0) is 68.1 Å². The highest BCUT2D eigenvalue weighted by Crippen LogP contribution is 2.35. The van der Waals surface area contributed by atoms with Crippen LogP contribution in [0.3, 0.4) is 0 Å². The van der Waals surface area contributed by atoms with E-state index in [1.807, 2.05) is 23.9 Å². The monoisotopic (exact) mass is 764 g/mol. The summed E-state index contributed by atoms with van der Waals surface area (Å²) < 4.78 is 1.44. The molecule has 0 saturated carbocycles. The van der Waals surface area contributed by atoms with Gasteiger partial charge in [0.15, 0.2) is 0 Å². The number of anilines is 3. The van der Waals surface area contributed by atoms with Crippen LogP contribution in [0.5, 0.6) is 0 Å². The van der Waals surface area contributed by atoms with Gasteiger partial charge in [-0.25, -0.2) is 9.78 Å². The maximum atomic E-state index is 13.2. The lowest BCUT2D eigenvalue weighted by Crippen LogP contribution is -2.36. The number of rotatable bonds is 16. The van der Waals surface area contributed by atoms with E-state index in [1.54, 1.807) is 49.6 Å². The zero-order valence-corrected chi connectivity index (χ0v) is 31.2. The largest absolute Gasteiger partial charge is 0.356 e. The Hall–Kier alpha value is -4.33. The highest BCUT2D eigenvalue weighted by molar-refractivity contribution is 8.00. The van der Waals surface area contributed by atoms with Crippen molar-refractivity contribution in [3.63, 3.8) is 0 Å². The van der Waals surface area contributed by atoms with Crippen molar-refractivity contribution in [1.29, 1.82) is 0 Å². The van der Waals surface area contributed by atoms with Crippen LogP contribution in [0, 0.1) is 0 Å². The molecule has 15 heteroatoms. The standard InChI is InChI=1S/C37H42Cl2N8O4S/c1-47-34-22(19-25(35(47)50)32-26(38)9-8-10-27(32)39)20-41-36(46-34)43-24-16-14-23(15-17-24)42-31(49)13-6-3-7-18-40-30(48)12-5-2-4-11-29-33-28(21-52-29)44-37(51)45-33/h8-10,14-17,19-20,28-29,33H,2-7,11-13,18,21H2,1H3,(H,40,48)(H,42,49)(H,41,43,46)(H2,44,45,51)/t28?,29-,33?/m0/s1. The van der Waals surface area contributed by atoms with Crippen molar-refractivity contribution in [3.05, 3.63) is 75.1 Å². The van der Waals surface area contributed by atoms with E-state index >= 15 is 0 Å². The number of unbranched alkanes of at least 4 members (excludes halogenated alkanes) is 4. The summed E-state index contributed by atoms with van der Waals surface area (Å²) >= 11 is 14.7. The molecule has 2 saturated heterocycles. The summed E-state index contributed by atoms with van der Waals surface area (Å²) in [6, 6.07) is 14.4. The molecule has 2 unspecified atom stereocenters. The van der Waals surface area contributed by atoms with Crippen molar-refractivity contribution in [2.45, 2.75) is 75.1 Å². The van der Waals surface area contributed by atoms with Crippen LogP contribution in [0.4, 0.5) is 22.1 Å². The van der Waals surface area contributed by atoms with Gasteiger partial charge in [0.05, 0.1) is 27.7 Å². The first-order valence-electron chi connectivity index (χ1n) is 17.6. The summed E-state index contributed by atoms with van der Waals surface area (Å²) in [6.45, 7) is 0.610. The van der Waals surface area contributed by atoms with Crippen molar-refractivity contribution in [2.24, 2.45) is 7.05 Å². The minimum Gasteiger partial charge on any atom is -0.356 e. The zero-order valence-electron chi connectivity index (χ0n) is 28.8. The molecule has 3 atom stereocenters. The Labute approximate surface area is 316 Å². The number of pyridine rings is 1. The second-order valence-electron chi connectivity index (χ2n) is 13.1. The second kappa shape index (κ2) is 17.5. The molecular weight excluding hydrogens is 723 g/mol. The van der Waals surface area contributed by atoms with Crippen LogP contribution in [0.1, 0.15) is 57.8 Å². The van der Waals surface area contributed by atoms with Crippen molar-refractivity contribution < 1.29 is 14.4 Å². The Morgan fingerprint density at radius 2 is 1.63 bits per heavy atom. The molecule has 4 aromatic rings. The van der Waals surface area contributed by atoms with E-state index in [-0.39, 0.29) is 35.5 Å². The van der Waals surface area contributed by atoms with Crippen LogP contribution < -0.4 is 32.1 Å². The Bertz CT molecular complexity index is 1970. The van der Waals surface area contributed by atoms with Crippen molar-refractivity contribution in [3.8, 4) is 11.1 Å².